The third-order valence-corrected chi connectivity index (χ3v) is 4.81. The Balaban J connectivity index is 2.10. The Kier molecular flexibility index (Phi) is 4.29. The molecule has 0 radical (unpaired) electrons. The summed E-state index contributed by atoms with van der Waals surface area (Å²) in [7, 11) is 0. The van der Waals surface area contributed by atoms with Gasteiger partial charge in [-0.3, -0.25) is 0 Å². The molecule has 4 nitrogen and oxygen atoms in total. The molecule has 1 aliphatic carbocycles. The van der Waals surface area contributed by atoms with Crippen molar-refractivity contribution in [3.05, 3.63) is 28.1 Å². The van der Waals surface area contributed by atoms with E-state index in [-0.39, 0.29) is 0 Å². The van der Waals surface area contributed by atoms with Crippen LogP contribution in [0.2, 0.25) is 0 Å². The highest BCUT2D eigenvalue weighted by Gasteiger charge is 2.25. The highest BCUT2D eigenvalue weighted by Crippen LogP contribution is 2.40. The summed E-state index contributed by atoms with van der Waals surface area (Å²) in [6.07, 6.45) is 6.67. The fourth-order valence-electron chi connectivity index (χ4n) is 2.92. The van der Waals surface area contributed by atoms with Crippen molar-refractivity contribution in [2.24, 2.45) is 0 Å². The highest BCUT2D eigenvalue weighted by atomic mass is 79.9. The molecule has 1 fully saturated rings. The Labute approximate surface area is 133 Å². The van der Waals surface area contributed by atoms with Crippen LogP contribution >= 0.6 is 15.9 Å². The number of nitrogens with zero attached hydrogens (tertiary/aromatic N) is 2. The van der Waals surface area contributed by atoms with Gasteiger partial charge in [-0.2, -0.15) is 0 Å². The summed E-state index contributed by atoms with van der Waals surface area (Å²) in [6, 6.07) is 1.95. The Hall–Kier alpha value is -1.36. The van der Waals surface area contributed by atoms with Gasteiger partial charge in [-0.25, -0.2) is 9.97 Å². The molecule has 0 saturated heterocycles. The molecule has 0 spiro atoms. The number of rotatable bonds is 4. The van der Waals surface area contributed by atoms with Crippen LogP contribution in [0.15, 0.2) is 21.2 Å². The highest BCUT2D eigenvalue weighted by molar-refractivity contribution is 9.10. The second-order valence-electron chi connectivity index (χ2n) is 5.54. The molecule has 0 atom stereocenters. The number of nitrogens with one attached hydrogen (secondary N) is 1. The standard InChI is InChI=1S/C16H20BrN3O/c1-3-18-15-12(17)13(11-6-4-5-7-11)19-16(20-15)14-10(2)8-9-21-14/h8-9,11H,3-7H2,1-2H3,(H,18,19,20). The monoisotopic (exact) mass is 349 g/mol. The van der Waals surface area contributed by atoms with Crippen molar-refractivity contribution in [3.8, 4) is 11.6 Å². The summed E-state index contributed by atoms with van der Waals surface area (Å²) < 4.78 is 6.58. The molecular formula is C16H20BrN3O. The number of hydrogen-bond donors (Lipinski definition) is 1. The summed E-state index contributed by atoms with van der Waals surface area (Å²) in [5.41, 5.74) is 2.18. The third kappa shape index (κ3) is 2.84. The molecule has 1 aliphatic rings. The van der Waals surface area contributed by atoms with E-state index in [2.05, 4.69) is 33.2 Å². The van der Waals surface area contributed by atoms with Crippen LogP contribution in [-0.2, 0) is 0 Å². The van der Waals surface area contributed by atoms with Gasteiger partial charge in [0, 0.05) is 12.5 Å². The Morgan fingerprint density at radius 1 is 1.33 bits per heavy atom. The van der Waals surface area contributed by atoms with Crippen molar-refractivity contribution in [2.75, 3.05) is 11.9 Å². The third-order valence-electron chi connectivity index (χ3n) is 4.03. The topological polar surface area (TPSA) is 51.0 Å². The van der Waals surface area contributed by atoms with Crippen molar-refractivity contribution in [1.82, 2.24) is 9.97 Å². The molecule has 112 valence electrons. The van der Waals surface area contributed by atoms with E-state index >= 15 is 0 Å². The molecule has 0 amide bonds. The second kappa shape index (κ2) is 6.18. The molecular weight excluding hydrogens is 330 g/mol. The van der Waals surface area contributed by atoms with Crippen LogP contribution in [0.25, 0.3) is 11.6 Å². The number of aromatic nitrogens is 2. The van der Waals surface area contributed by atoms with E-state index in [0.717, 1.165) is 33.9 Å². The van der Waals surface area contributed by atoms with E-state index in [1.165, 1.54) is 25.7 Å². The van der Waals surface area contributed by atoms with Gasteiger partial charge in [0.2, 0.25) is 0 Å². The fraction of sp³-hybridized carbons (Fsp3) is 0.500. The number of aryl methyl sites for hydroxylation is 1. The van der Waals surface area contributed by atoms with Gasteiger partial charge in [0.05, 0.1) is 16.4 Å². The predicted molar refractivity (Wildman–Crippen MR) is 87.5 cm³/mol. The second-order valence-corrected chi connectivity index (χ2v) is 6.33. The summed E-state index contributed by atoms with van der Waals surface area (Å²) in [5.74, 6) is 2.83. The van der Waals surface area contributed by atoms with Gasteiger partial charge >= 0.3 is 0 Å². The van der Waals surface area contributed by atoms with E-state index in [0.29, 0.717) is 11.7 Å². The quantitative estimate of drug-likeness (QED) is 0.852. The SMILES string of the molecule is CCNc1nc(-c2occc2C)nc(C2CCCC2)c1Br. The predicted octanol–water partition coefficient (Wildman–Crippen LogP) is 4.90. The van der Waals surface area contributed by atoms with Gasteiger partial charge < -0.3 is 9.73 Å². The molecule has 1 N–H and O–H groups in total. The molecule has 5 heteroatoms. The maximum atomic E-state index is 5.57. The van der Waals surface area contributed by atoms with Gasteiger partial charge in [-0.05, 0) is 54.2 Å². The Morgan fingerprint density at radius 3 is 2.71 bits per heavy atom. The lowest BCUT2D eigenvalue weighted by atomic mass is 10.0. The molecule has 3 rings (SSSR count). The number of halogens is 1. The first kappa shape index (κ1) is 14.6. The summed E-state index contributed by atoms with van der Waals surface area (Å²) >= 11 is 3.69. The molecule has 2 heterocycles. The summed E-state index contributed by atoms with van der Waals surface area (Å²) in [5, 5.41) is 3.32. The minimum atomic E-state index is 0.522. The lowest BCUT2D eigenvalue weighted by molar-refractivity contribution is 0.573. The van der Waals surface area contributed by atoms with E-state index in [1.54, 1.807) is 6.26 Å². The molecule has 0 aromatic carbocycles. The zero-order chi connectivity index (χ0) is 14.8. The zero-order valence-corrected chi connectivity index (χ0v) is 14.0. The Bertz CT molecular complexity index is 632. The Morgan fingerprint density at radius 2 is 2.10 bits per heavy atom. The average Bonchev–Trinajstić information content (AvgIpc) is 3.13. The van der Waals surface area contributed by atoms with Crippen LogP contribution < -0.4 is 5.32 Å². The van der Waals surface area contributed by atoms with Crippen molar-refractivity contribution in [3.63, 3.8) is 0 Å². The minimum absolute atomic E-state index is 0.522. The smallest absolute Gasteiger partial charge is 0.198 e. The fourth-order valence-corrected chi connectivity index (χ4v) is 3.56. The number of furan rings is 1. The summed E-state index contributed by atoms with van der Waals surface area (Å²) in [6.45, 7) is 4.92. The van der Waals surface area contributed by atoms with Crippen molar-refractivity contribution in [2.45, 2.75) is 45.4 Å². The van der Waals surface area contributed by atoms with Crippen LogP contribution in [0.4, 0.5) is 5.82 Å². The summed E-state index contributed by atoms with van der Waals surface area (Å²) in [4.78, 5) is 9.44. The minimum Gasteiger partial charge on any atom is -0.461 e. The molecule has 0 bridgehead atoms. The van der Waals surface area contributed by atoms with Crippen molar-refractivity contribution >= 4 is 21.7 Å². The first-order valence-corrected chi connectivity index (χ1v) is 8.35. The van der Waals surface area contributed by atoms with Crippen LogP contribution in [-0.4, -0.2) is 16.5 Å². The van der Waals surface area contributed by atoms with Crippen molar-refractivity contribution in [1.29, 1.82) is 0 Å². The van der Waals surface area contributed by atoms with Crippen LogP contribution in [0.1, 0.15) is 49.8 Å². The molecule has 2 aromatic rings. The van der Waals surface area contributed by atoms with Gasteiger partial charge in [0.25, 0.3) is 0 Å². The van der Waals surface area contributed by atoms with E-state index < -0.39 is 0 Å². The van der Waals surface area contributed by atoms with E-state index in [9.17, 15) is 0 Å². The van der Waals surface area contributed by atoms with Crippen molar-refractivity contribution < 1.29 is 4.42 Å². The number of hydrogen-bond acceptors (Lipinski definition) is 4. The van der Waals surface area contributed by atoms with Gasteiger partial charge in [-0.1, -0.05) is 12.8 Å². The molecule has 1 saturated carbocycles. The van der Waals surface area contributed by atoms with Gasteiger partial charge in [-0.15, -0.1) is 0 Å². The molecule has 2 aromatic heterocycles. The lowest BCUT2D eigenvalue weighted by Crippen LogP contribution is -2.08. The number of anilines is 1. The maximum Gasteiger partial charge on any atom is 0.198 e. The largest absolute Gasteiger partial charge is 0.461 e. The van der Waals surface area contributed by atoms with Crippen LogP contribution in [0, 0.1) is 6.92 Å². The first-order valence-electron chi connectivity index (χ1n) is 7.56. The average molecular weight is 350 g/mol. The van der Waals surface area contributed by atoms with Gasteiger partial charge in [0.1, 0.15) is 5.82 Å². The first-order chi connectivity index (χ1) is 10.2. The zero-order valence-electron chi connectivity index (χ0n) is 12.4. The van der Waals surface area contributed by atoms with Crippen LogP contribution in [0.3, 0.4) is 0 Å². The van der Waals surface area contributed by atoms with Gasteiger partial charge in [0.15, 0.2) is 11.6 Å². The lowest BCUT2D eigenvalue weighted by Gasteiger charge is -2.15. The van der Waals surface area contributed by atoms with E-state index in [4.69, 9.17) is 9.40 Å². The normalized spacial score (nSPS) is 15.6. The molecule has 0 unspecified atom stereocenters. The maximum absolute atomic E-state index is 5.57. The molecule has 21 heavy (non-hydrogen) atoms. The van der Waals surface area contributed by atoms with Crippen LogP contribution in [0.5, 0.6) is 0 Å². The molecule has 0 aliphatic heterocycles. The van der Waals surface area contributed by atoms with E-state index in [1.807, 2.05) is 13.0 Å².